The Morgan fingerprint density at radius 2 is 1.73 bits per heavy atom. The number of esters is 2. The molecule has 1 heterocycles. The minimum atomic E-state index is -0.654. The molecule has 2 aromatic carbocycles. The number of rotatable bonds is 12. The molecule has 1 aliphatic heterocycles. The molecule has 0 radical (unpaired) electrons. The molecule has 0 aliphatic carbocycles. The van der Waals surface area contributed by atoms with Crippen molar-refractivity contribution in [1.29, 1.82) is 0 Å². The first-order valence-corrected chi connectivity index (χ1v) is 13.6. The summed E-state index contributed by atoms with van der Waals surface area (Å²) in [6, 6.07) is 9.30. The van der Waals surface area contributed by atoms with Gasteiger partial charge in [-0.3, -0.25) is 4.79 Å². The fraction of sp³-hybridized carbons (Fsp3) is 0.296. The van der Waals surface area contributed by atoms with Crippen LogP contribution in [0.3, 0.4) is 0 Å². The van der Waals surface area contributed by atoms with Crippen molar-refractivity contribution in [2.75, 3.05) is 26.4 Å². The van der Waals surface area contributed by atoms with Gasteiger partial charge in [0, 0.05) is 11.3 Å². The molecule has 14 heteroatoms. The fourth-order valence-corrected chi connectivity index (χ4v) is 4.62. The van der Waals surface area contributed by atoms with Crippen LogP contribution in [0.15, 0.2) is 52.8 Å². The highest BCUT2D eigenvalue weighted by molar-refractivity contribution is 7.80. The molecule has 1 aliphatic rings. The lowest BCUT2D eigenvalue weighted by Gasteiger charge is -2.30. The molecule has 0 fully saturated rings. The van der Waals surface area contributed by atoms with Crippen LogP contribution in [-0.4, -0.2) is 55.6 Å². The van der Waals surface area contributed by atoms with Crippen LogP contribution in [0, 0.1) is 0 Å². The van der Waals surface area contributed by atoms with Crippen LogP contribution in [0.1, 0.15) is 37.9 Å². The third-order valence-corrected chi connectivity index (χ3v) is 6.20. The highest BCUT2D eigenvalue weighted by Crippen LogP contribution is 2.35. The minimum absolute atomic E-state index is 0.120. The Balaban J connectivity index is 1.64. The number of hydrazone groups is 1. The molecule has 0 unspecified atom stereocenters. The Hall–Kier alpha value is -3.87. The van der Waals surface area contributed by atoms with E-state index in [1.54, 1.807) is 45.0 Å². The van der Waals surface area contributed by atoms with Crippen LogP contribution in [0.2, 0.25) is 10.0 Å². The number of allylic oxidation sites excluding steroid dienone is 1. The largest absolute Gasteiger partial charge is 0.483 e. The number of thiocarbonyl (C=S) groups is 1. The predicted molar refractivity (Wildman–Crippen MR) is 157 cm³/mol. The van der Waals surface area contributed by atoms with Crippen LogP contribution in [0.4, 0.5) is 0 Å². The van der Waals surface area contributed by atoms with Gasteiger partial charge in [0.25, 0.3) is 5.91 Å². The molecule has 3 N–H and O–H groups in total. The third-order valence-electron chi connectivity index (χ3n) is 5.42. The van der Waals surface area contributed by atoms with E-state index < -0.39 is 23.9 Å². The van der Waals surface area contributed by atoms with E-state index in [4.69, 9.17) is 54.4 Å². The van der Waals surface area contributed by atoms with Gasteiger partial charge in [0.15, 0.2) is 24.1 Å². The molecule has 0 aromatic heterocycles. The van der Waals surface area contributed by atoms with E-state index in [0.717, 1.165) is 0 Å². The maximum absolute atomic E-state index is 12.7. The van der Waals surface area contributed by atoms with Crippen molar-refractivity contribution in [1.82, 2.24) is 16.1 Å². The summed E-state index contributed by atoms with van der Waals surface area (Å²) in [5.41, 5.74) is 4.32. The molecule has 0 saturated heterocycles. The Bertz CT molecular complexity index is 1360. The zero-order chi connectivity index (χ0) is 29.9. The third kappa shape index (κ3) is 8.81. The van der Waals surface area contributed by atoms with Gasteiger partial charge in [0.1, 0.15) is 5.75 Å². The molecule has 1 atom stereocenters. The van der Waals surface area contributed by atoms with Gasteiger partial charge < -0.3 is 29.6 Å². The van der Waals surface area contributed by atoms with Crippen molar-refractivity contribution >= 4 is 64.6 Å². The van der Waals surface area contributed by atoms with Crippen LogP contribution in [-0.2, 0) is 23.9 Å². The van der Waals surface area contributed by atoms with Gasteiger partial charge in [-0.1, -0.05) is 41.4 Å². The number of nitrogens with one attached hydrogen (secondary N) is 3. The Kier molecular flexibility index (Phi) is 11.7. The highest BCUT2D eigenvalue weighted by atomic mass is 35.5. The van der Waals surface area contributed by atoms with Crippen molar-refractivity contribution in [3.63, 3.8) is 0 Å². The summed E-state index contributed by atoms with van der Waals surface area (Å²) in [4.78, 5) is 36.6. The first kappa shape index (κ1) is 31.7. The normalized spacial score (nSPS) is 14.7. The minimum Gasteiger partial charge on any atom is -0.483 e. The van der Waals surface area contributed by atoms with E-state index >= 15 is 0 Å². The molecule has 2 aromatic rings. The van der Waals surface area contributed by atoms with E-state index in [1.165, 1.54) is 18.3 Å². The fourth-order valence-electron chi connectivity index (χ4n) is 3.74. The summed E-state index contributed by atoms with van der Waals surface area (Å²) in [6.07, 6.45) is 1.33. The summed E-state index contributed by atoms with van der Waals surface area (Å²) in [5, 5.41) is 10.5. The highest BCUT2D eigenvalue weighted by Gasteiger charge is 2.32. The second-order valence-electron chi connectivity index (χ2n) is 8.32. The standard InChI is InChI=1S/C27H28Cl2N4O7S/c1-4-37-22(35)14-40-25-18(28)10-16(11-19(25)29)12-30-33-21(34)13-39-20-9-7-6-8-17(20)24-23(26(36)38-5-2)15(3)31-27(41)32-24/h6-12,24H,4-5,13-14H2,1-3H3,(H,33,34)(H2,31,32,41)/t24-/m1/s1. The second kappa shape index (κ2) is 15.2. The topological polar surface area (TPSA) is 137 Å². The SMILES string of the molecule is CCOC(=O)COc1c(Cl)cc(C=NNC(=O)COc2ccccc2[C@H]2NC(=S)NC(C)=C2C(=O)OCC)cc1Cl. The van der Waals surface area contributed by atoms with Gasteiger partial charge >= 0.3 is 11.9 Å². The van der Waals surface area contributed by atoms with E-state index in [0.29, 0.717) is 33.3 Å². The van der Waals surface area contributed by atoms with Gasteiger partial charge in [-0.05, 0) is 56.8 Å². The number of amides is 1. The molecule has 0 saturated carbocycles. The Morgan fingerprint density at radius 3 is 2.41 bits per heavy atom. The van der Waals surface area contributed by atoms with Crippen molar-refractivity contribution in [2.24, 2.45) is 5.10 Å². The summed E-state index contributed by atoms with van der Waals surface area (Å²) in [7, 11) is 0. The molecular weight excluding hydrogens is 595 g/mol. The maximum Gasteiger partial charge on any atom is 0.344 e. The maximum atomic E-state index is 12.7. The van der Waals surface area contributed by atoms with Crippen molar-refractivity contribution in [3.05, 3.63) is 68.8 Å². The van der Waals surface area contributed by atoms with Crippen molar-refractivity contribution in [2.45, 2.75) is 26.8 Å². The summed E-state index contributed by atoms with van der Waals surface area (Å²) >= 11 is 17.7. The molecule has 1 amide bonds. The number of hydrogen-bond donors (Lipinski definition) is 3. The summed E-state index contributed by atoms with van der Waals surface area (Å²) in [5.74, 6) is -1.12. The molecule has 11 nitrogen and oxygen atoms in total. The monoisotopic (exact) mass is 622 g/mol. The van der Waals surface area contributed by atoms with E-state index in [-0.39, 0.29) is 42.2 Å². The number of benzene rings is 2. The number of ether oxygens (including phenoxy) is 4. The summed E-state index contributed by atoms with van der Waals surface area (Å²) < 4.78 is 21.1. The predicted octanol–water partition coefficient (Wildman–Crippen LogP) is 3.82. The number of para-hydroxylation sites is 1. The van der Waals surface area contributed by atoms with Gasteiger partial charge in [0.05, 0.1) is 41.1 Å². The van der Waals surface area contributed by atoms with Gasteiger partial charge in [-0.15, -0.1) is 0 Å². The first-order chi connectivity index (χ1) is 19.6. The van der Waals surface area contributed by atoms with Gasteiger partial charge in [0.2, 0.25) is 0 Å². The lowest BCUT2D eigenvalue weighted by Crippen LogP contribution is -2.45. The number of carbonyl (C=O) groups is 3. The van der Waals surface area contributed by atoms with Crippen molar-refractivity contribution < 1.29 is 33.3 Å². The van der Waals surface area contributed by atoms with Gasteiger partial charge in [-0.25, -0.2) is 15.0 Å². The number of nitrogens with zero attached hydrogens (tertiary/aromatic N) is 1. The van der Waals surface area contributed by atoms with Gasteiger partial charge in [-0.2, -0.15) is 5.10 Å². The smallest absolute Gasteiger partial charge is 0.344 e. The molecule has 218 valence electrons. The molecule has 41 heavy (non-hydrogen) atoms. The quantitative estimate of drug-likeness (QED) is 0.139. The summed E-state index contributed by atoms with van der Waals surface area (Å²) in [6.45, 7) is 4.84. The van der Waals surface area contributed by atoms with Crippen LogP contribution in [0.25, 0.3) is 0 Å². The average Bonchev–Trinajstić information content (AvgIpc) is 2.91. The zero-order valence-electron chi connectivity index (χ0n) is 22.4. The van der Waals surface area contributed by atoms with Crippen LogP contribution in [0.5, 0.6) is 11.5 Å². The lowest BCUT2D eigenvalue weighted by molar-refractivity contribution is -0.145. The first-order valence-electron chi connectivity index (χ1n) is 12.4. The zero-order valence-corrected chi connectivity index (χ0v) is 24.7. The lowest BCUT2D eigenvalue weighted by atomic mass is 9.95. The second-order valence-corrected chi connectivity index (χ2v) is 9.54. The van der Waals surface area contributed by atoms with E-state index in [1.807, 2.05) is 0 Å². The molecule has 3 rings (SSSR count). The van der Waals surface area contributed by atoms with E-state index in [2.05, 4.69) is 21.2 Å². The number of carbonyl (C=O) groups excluding carboxylic acids is 3. The molecule has 0 spiro atoms. The molecule has 0 bridgehead atoms. The average molecular weight is 624 g/mol. The molecular formula is C27H28Cl2N4O7S. The van der Waals surface area contributed by atoms with Crippen molar-refractivity contribution in [3.8, 4) is 11.5 Å². The van der Waals surface area contributed by atoms with Crippen LogP contribution < -0.4 is 25.5 Å². The number of hydrogen-bond acceptors (Lipinski definition) is 9. The van der Waals surface area contributed by atoms with Crippen LogP contribution >= 0.6 is 35.4 Å². The van der Waals surface area contributed by atoms with E-state index in [9.17, 15) is 14.4 Å². The Morgan fingerprint density at radius 1 is 1.05 bits per heavy atom. The Labute approximate surface area is 252 Å². The number of halogens is 2.